The number of amides is 1. The number of aromatic nitrogens is 1. The van der Waals surface area contributed by atoms with Crippen molar-refractivity contribution in [2.75, 3.05) is 19.3 Å². The SMILES string of the molecule is CSc1ccc(C(=O)[C@H]2CCCN(C(=O)c3ccc(C)nc3)C2)cc1. The van der Waals surface area contributed by atoms with Crippen molar-refractivity contribution in [2.45, 2.75) is 24.7 Å². The van der Waals surface area contributed by atoms with Gasteiger partial charge in [0, 0.05) is 41.4 Å². The van der Waals surface area contributed by atoms with E-state index < -0.39 is 0 Å². The molecule has 0 radical (unpaired) electrons. The topological polar surface area (TPSA) is 50.3 Å². The van der Waals surface area contributed by atoms with Crippen molar-refractivity contribution in [2.24, 2.45) is 5.92 Å². The molecule has 1 aromatic heterocycles. The molecule has 0 saturated carbocycles. The molecule has 1 saturated heterocycles. The van der Waals surface area contributed by atoms with Crippen LogP contribution in [0.3, 0.4) is 0 Å². The lowest BCUT2D eigenvalue weighted by molar-refractivity contribution is 0.0636. The molecule has 25 heavy (non-hydrogen) atoms. The fourth-order valence-corrected chi connectivity index (χ4v) is 3.55. The molecule has 0 bridgehead atoms. The molecule has 0 spiro atoms. The quantitative estimate of drug-likeness (QED) is 0.618. The number of likely N-dealkylation sites (tertiary alicyclic amines) is 1. The van der Waals surface area contributed by atoms with E-state index in [-0.39, 0.29) is 17.6 Å². The maximum absolute atomic E-state index is 12.8. The number of thioether (sulfide) groups is 1. The predicted octanol–water partition coefficient (Wildman–Crippen LogP) is 3.85. The molecule has 2 aromatic rings. The lowest BCUT2D eigenvalue weighted by Crippen LogP contribution is -2.42. The molecule has 130 valence electrons. The summed E-state index contributed by atoms with van der Waals surface area (Å²) in [5.41, 5.74) is 2.20. The van der Waals surface area contributed by atoms with Gasteiger partial charge in [-0.05, 0) is 50.3 Å². The molecule has 1 atom stereocenters. The van der Waals surface area contributed by atoms with Crippen LogP contribution in [0.25, 0.3) is 0 Å². The van der Waals surface area contributed by atoms with Crippen LogP contribution in [0.4, 0.5) is 0 Å². The van der Waals surface area contributed by atoms with Gasteiger partial charge in [-0.25, -0.2) is 0 Å². The van der Waals surface area contributed by atoms with Gasteiger partial charge in [-0.1, -0.05) is 12.1 Å². The molecule has 3 rings (SSSR count). The Bertz CT molecular complexity index is 756. The van der Waals surface area contributed by atoms with E-state index in [9.17, 15) is 9.59 Å². The first-order valence-electron chi connectivity index (χ1n) is 8.48. The van der Waals surface area contributed by atoms with Crippen LogP contribution >= 0.6 is 11.8 Å². The number of aryl methyl sites for hydroxylation is 1. The van der Waals surface area contributed by atoms with Crippen molar-refractivity contribution >= 4 is 23.5 Å². The summed E-state index contributed by atoms with van der Waals surface area (Å²) in [7, 11) is 0. The standard InChI is InChI=1S/C20H22N2O2S/c1-14-5-6-16(12-21-14)20(24)22-11-3-4-17(13-22)19(23)15-7-9-18(25-2)10-8-15/h5-10,12,17H,3-4,11,13H2,1-2H3/t17-/m0/s1. The van der Waals surface area contributed by atoms with Crippen LogP contribution in [-0.4, -0.2) is 40.9 Å². The third-order valence-corrected chi connectivity index (χ3v) is 5.36. The van der Waals surface area contributed by atoms with Crippen molar-refractivity contribution in [3.8, 4) is 0 Å². The van der Waals surface area contributed by atoms with Crippen molar-refractivity contribution in [3.05, 3.63) is 59.4 Å². The molecular weight excluding hydrogens is 332 g/mol. The van der Waals surface area contributed by atoms with E-state index in [4.69, 9.17) is 0 Å². The van der Waals surface area contributed by atoms with E-state index >= 15 is 0 Å². The van der Waals surface area contributed by atoms with E-state index in [2.05, 4.69) is 4.98 Å². The smallest absolute Gasteiger partial charge is 0.255 e. The average molecular weight is 354 g/mol. The first-order chi connectivity index (χ1) is 12.1. The Morgan fingerprint density at radius 3 is 2.48 bits per heavy atom. The van der Waals surface area contributed by atoms with E-state index in [1.165, 1.54) is 0 Å². The molecule has 2 heterocycles. The number of hydrogen-bond donors (Lipinski definition) is 0. The highest BCUT2D eigenvalue weighted by Crippen LogP contribution is 2.23. The van der Waals surface area contributed by atoms with Crippen LogP contribution in [0.15, 0.2) is 47.5 Å². The van der Waals surface area contributed by atoms with Crippen molar-refractivity contribution in [1.82, 2.24) is 9.88 Å². The van der Waals surface area contributed by atoms with E-state index in [0.717, 1.165) is 29.0 Å². The summed E-state index contributed by atoms with van der Waals surface area (Å²) in [5.74, 6) is -0.0360. The number of rotatable bonds is 4. The monoisotopic (exact) mass is 354 g/mol. The zero-order chi connectivity index (χ0) is 17.8. The van der Waals surface area contributed by atoms with E-state index in [1.807, 2.05) is 43.5 Å². The molecule has 0 aliphatic carbocycles. The molecule has 1 aromatic carbocycles. The van der Waals surface area contributed by atoms with Crippen molar-refractivity contribution in [3.63, 3.8) is 0 Å². The van der Waals surface area contributed by atoms with Crippen LogP contribution < -0.4 is 0 Å². The highest BCUT2D eigenvalue weighted by molar-refractivity contribution is 7.98. The minimum absolute atomic E-state index is 0.0391. The van der Waals surface area contributed by atoms with Gasteiger partial charge < -0.3 is 4.90 Å². The Morgan fingerprint density at radius 1 is 1.12 bits per heavy atom. The maximum atomic E-state index is 12.8. The minimum atomic E-state index is -0.128. The Morgan fingerprint density at radius 2 is 1.84 bits per heavy atom. The number of Topliss-reactive ketones (excluding diaryl/α,β-unsaturated/α-hetero) is 1. The van der Waals surface area contributed by atoms with Gasteiger partial charge in [-0.2, -0.15) is 0 Å². The van der Waals surface area contributed by atoms with Gasteiger partial charge in [-0.15, -0.1) is 11.8 Å². The second-order valence-corrected chi connectivity index (χ2v) is 7.25. The van der Waals surface area contributed by atoms with Gasteiger partial charge >= 0.3 is 0 Å². The minimum Gasteiger partial charge on any atom is -0.338 e. The number of carbonyl (C=O) groups excluding carboxylic acids is 2. The number of benzene rings is 1. The third-order valence-electron chi connectivity index (χ3n) is 4.61. The number of nitrogens with zero attached hydrogens (tertiary/aromatic N) is 2. The van der Waals surface area contributed by atoms with Gasteiger partial charge in [0.25, 0.3) is 5.91 Å². The van der Waals surface area contributed by atoms with Crippen LogP contribution in [0.5, 0.6) is 0 Å². The van der Waals surface area contributed by atoms with Crippen molar-refractivity contribution < 1.29 is 9.59 Å². The average Bonchev–Trinajstić information content (AvgIpc) is 2.67. The number of hydrogen-bond acceptors (Lipinski definition) is 4. The summed E-state index contributed by atoms with van der Waals surface area (Å²) in [6.07, 6.45) is 5.31. The van der Waals surface area contributed by atoms with Gasteiger partial charge in [0.2, 0.25) is 0 Å². The lowest BCUT2D eigenvalue weighted by Gasteiger charge is -2.32. The fraction of sp³-hybridized carbons (Fsp3) is 0.350. The van der Waals surface area contributed by atoms with Gasteiger partial charge in [0.15, 0.2) is 5.78 Å². The van der Waals surface area contributed by atoms with Crippen LogP contribution in [0, 0.1) is 12.8 Å². The number of pyridine rings is 1. The summed E-state index contributed by atoms with van der Waals surface area (Å²) in [5, 5.41) is 0. The molecule has 1 aliphatic rings. The highest BCUT2D eigenvalue weighted by atomic mass is 32.2. The van der Waals surface area contributed by atoms with Gasteiger partial charge in [-0.3, -0.25) is 14.6 Å². The fourth-order valence-electron chi connectivity index (χ4n) is 3.14. The third kappa shape index (κ3) is 4.10. The number of carbonyl (C=O) groups is 2. The normalized spacial score (nSPS) is 17.4. The maximum Gasteiger partial charge on any atom is 0.255 e. The molecule has 4 nitrogen and oxygen atoms in total. The predicted molar refractivity (Wildman–Crippen MR) is 100 cm³/mol. The van der Waals surface area contributed by atoms with Crippen LogP contribution in [0.1, 0.15) is 39.3 Å². The van der Waals surface area contributed by atoms with Crippen LogP contribution in [0.2, 0.25) is 0 Å². The zero-order valence-corrected chi connectivity index (χ0v) is 15.4. The van der Waals surface area contributed by atoms with E-state index in [0.29, 0.717) is 18.7 Å². The largest absolute Gasteiger partial charge is 0.338 e. The van der Waals surface area contributed by atoms with Crippen molar-refractivity contribution in [1.29, 1.82) is 0 Å². The van der Waals surface area contributed by atoms with Crippen LogP contribution in [-0.2, 0) is 0 Å². The molecule has 1 amide bonds. The number of piperidine rings is 1. The lowest BCUT2D eigenvalue weighted by atomic mass is 9.90. The Kier molecular flexibility index (Phi) is 5.53. The molecular formula is C20H22N2O2S. The van der Waals surface area contributed by atoms with Gasteiger partial charge in [0.1, 0.15) is 0 Å². The molecule has 1 aliphatic heterocycles. The second-order valence-electron chi connectivity index (χ2n) is 6.37. The van der Waals surface area contributed by atoms with E-state index in [1.54, 1.807) is 28.9 Å². The molecule has 5 heteroatoms. The summed E-state index contributed by atoms with van der Waals surface area (Å²) in [6.45, 7) is 3.07. The molecule has 0 N–H and O–H groups in total. The first-order valence-corrected chi connectivity index (χ1v) is 9.71. The number of ketones is 1. The Balaban J connectivity index is 1.70. The molecule has 0 unspecified atom stereocenters. The summed E-state index contributed by atoms with van der Waals surface area (Å²) < 4.78 is 0. The summed E-state index contributed by atoms with van der Waals surface area (Å²) >= 11 is 1.66. The second kappa shape index (κ2) is 7.83. The zero-order valence-electron chi connectivity index (χ0n) is 14.6. The summed E-state index contributed by atoms with van der Waals surface area (Å²) in [4.78, 5) is 32.6. The molecule has 1 fully saturated rings. The van der Waals surface area contributed by atoms with Gasteiger partial charge in [0.05, 0.1) is 5.56 Å². The highest BCUT2D eigenvalue weighted by Gasteiger charge is 2.29. The summed E-state index contributed by atoms with van der Waals surface area (Å²) in [6, 6.07) is 11.4. The Labute approximate surface area is 152 Å². The Hall–Kier alpha value is -2.14. The first kappa shape index (κ1) is 17.7.